The van der Waals surface area contributed by atoms with Crippen molar-refractivity contribution in [2.24, 2.45) is 0 Å². The van der Waals surface area contributed by atoms with Gasteiger partial charge in [0.25, 0.3) is 0 Å². The Morgan fingerprint density at radius 1 is 1.23 bits per heavy atom. The lowest BCUT2D eigenvalue weighted by molar-refractivity contribution is -0.113. The fourth-order valence-electron chi connectivity index (χ4n) is 4.46. The lowest BCUT2D eigenvalue weighted by Crippen LogP contribution is -2.19. The second kappa shape index (κ2) is 9.31. The molecular weight excluding hydrogens is 430 g/mol. The van der Waals surface area contributed by atoms with Gasteiger partial charge in [0.1, 0.15) is 16.9 Å². The summed E-state index contributed by atoms with van der Waals surface area (Å²) in [5.41, 5.74) is 1.82. The van der Waals surface area contributed by atoms with Crippen LogP contribution in [0.25, 0.3) is 0 Å². The van der Waals surface area contributed by atoms with Gasteiger partial charge in [0.2, 0.25) is 5.91 Å². The number of thioether (sulfide) groups is 1. The number of nitrogens with zero attached hydrogens (tertiary/aromatic N) is 4. The number of hydrogen-bond donors (Lipinski definition) is 1. The molecule has 0 radical (unpaired) electrons. The third-order valence-corrected chi connectivity index (χ3v) is 8.39. The van der Waals surface area contributed by atoms with E-state index in [1.165, 1.54) is 23.1 Å². The van der Waals surface area contributed by atoms with Crippen LogP contribution in [0, 0.1) is 11.3 Å². The average molecular weight is 458 g/mol. The average Bonchev–Trinajstić information content (AvgIpc) is 3.28. The Hall–Kier alpha value is -1.89. The molecule has 3 aliphatic rings. The fourth-order valence-corrected chi connectivity index (χ4v) is 6.47. The molecule has 1 amide bonds. The number of ether oxygens (including phenoxy) is 1. The van der Waals surface area contributed by atoms with Gasteiger partial charge in [-0.05, 0) is 56.9 Å². The van der Waals surface area contributed by atoms with Crippen LogP contribution in [0.2, 0.25) is 0 Å². The first kappa shape index (κ1) is 21.0. The number of carbonyl (C=O) groups is 1. The summed E-state index contributed by atoms with van der Waals surface area (Å²) in [5.74, 6) is 1.68. The third-order valence-electron chi connectivity index (χ3n) is 6.22. The Bertz CT molecular complexity index is 998. The number of fused-ring (bicyclic) bond motifs is 1. The van der Waals surface area contributed by atoms with E-state index in [1.807, 2.05) is 0 Å². The van der Waals surface area contributed by atoms with E-state index in [9.17, 15) is 10.1 Å². The van der Waals surface area contributed by atoms with Gasteiger partial charge in [-0.15, -0.1) is 21.5 Å². The van der Waals surface area contributed by atoms with Gasteiger partial charge >= 0.3 is 0 Å². The number of hydrogen-bond acceptors (Lipinski definition) is 7. The van der Waals surface area contributed by atoms with Gasteiger partial charge < -0.3 is 14.6 Å². The van der Waals surface area contributed by atoms with Gasteiger partial charge in [0.05, 0.1) is 24.0 Å². The maximum atomic E-state index is 12.7. The van der Waals surface area contributed by atoms with Crippen LogP contribution < -0.4 is 5.32 Å². The second-order valence-corrected chi connectivity index (χ2v) is 10.6. The number of thiophene rings is 1. The van der Waals surface area contributed by atoms with E-state index in [-0.39, 0.29) is 17.8 Å². The van der Waals surface area contributed by atoms with Crippen LogP contribution in [0.5, 0.6) is 0 Å². The largest absolute Gasteiger partial charge is 0.376 e. The van der Waals surface area contributed by atoms with Gasteiger partial charge in [-0.25, -0.2) is 0 Å². The van der Waals surface area contributed by atoms with Crippen molar-refractivity contribution in [3.05, 3.63) is 21.8 Å². The predicted octanol–water partition coefficient (Wildman–Crippen LogP) is 4.27. The van der Waals surface area contributed by atoms with Gasteiger partial charge in [-0.2, -0.15) is 5.26 Å². The van der Waals surface area contributed by atoms with Crippen molar-refractivity contribution in [3.63, 3.8) is 0 Å². The van der Waals surface area contributed by atoms with Gasteiger partial charge in [-0.1, -0.05) is 18.2 Å². The molecule has 0 bridgehead atoms. The van der Waals surface area contributed by atoms with Crippen molar-refractivity contribution >= 4 is 34.0 Å². The van der Waals surface area contributed by atoms with Crippen LogP contribution in [0.4, 0.5) is 5.00 Å². The molecule has 2 fully saturated rings. The van der Waals surface area contributed by atoms with E-state index in [4.69, 9.17) is 4.74 Å². The smallest absolute Gasteiger partial charge is 0.235 e. The van der Waals surface area contributed by atoms with Crippen LogP contribution in [0.15, 0.2) is 5.16 Å². The molecule has 1 atom stereocenters. The van der Waals surface area contributed by atoms with Gasteiger partial charge in [0.15, 0.2) is 5.16 Å². The normalized spacial score (nSPS) is 20.8. The minimum absolute atomic E-state index is 0.0995. The number of amides is 1. The first-order valence-electron chi connectivity index (χ1n) is 11.2. The molecule has 0 spiro atoms. The van der Waals surface area contributed by atoms with E-state index in [0.717, 1.165) is 81.1 Å². The highest BCUT2D eigenvalue weighted by Gasteiger charge is 2.32. The first-order valence-corrected chi connectivity index (χ1v) is 13.0. The zero-order valence-corrected chi connectivity index (χ0v) is 19.2. The van der Waals surface area contributed by atoms with Crippen LogP contribution in [0.1, 0.15) is 72.7 Å². The lowest BCUT2D eigenvalue weighted by Gasteiger charge is -2.14. The van der Waals surface area contributed by atoms with Crippen molar-refractivity contribution in [3.8, 4) is 6.07 Å². The number of nitrogens with one attached hydrogen (secondary N) is 1. The molecule has 1 N–H and O–H groups in total. The maximum absolute atomic E-state index is 12.7. The number of carbonyl (C=O) groups excluding carboxylic acids is 1. The van der Waals surface area contributed by atoms with Crippen molar-refractivity contribution in [2.75, 3.05) is 17.7 Å². The van der Waals surface area contributed by atoms with E-state index < -0.39 is 0 Å². The molecule has 5 rings (SSSR count). The van der Waals surface area contributed by atoms with Crippen LogP contribution in [-0.2, 0) is 28.9 Å². The molecule has 1 aliphatic heterocycles. The molecule has 0 aromatic carbocycles. The Balaban J connectivity index is 1.26. The molecule has 2 aliphatic carbocycles. The summed E-state index contributed by atoms with van der Waals surface area (Å²) in [6.45, 7) is 1.58. The van der Waals surface area contributed by atoms with Crippen LogP contribution in [0.3, 0.4) is 0 Å². The molecule has 1 saturated heterocycles. The predicted molar refractivity (Wildman–Crippen MR) is 121 cm³/mol. The molecule has 1 unspecified atom stereocenters. The summed E-state index contributed by atoms with van der Waals surface area (Å²) in [7, 11) is 0. The molecule has 9 heteroatoms. The number of aryl methyl sites for hydroxylation is 1. The number of anilines is 1. The minimum atomic E-state index is -0.0995. The van der Waals surface area contributed by atoms with E-state index >= 15 is 0 Å². The van der Waals surface area contributed by atoms with E-state index in [2.05, 4.69) is 26.2 Å². The van der Waals surface area contributed by atoms with Gasteiger partial charge in [0, 0.05) is 17.4 Å². The zero-order valence-electron chi connectivity index (χ0n) is 17.6. The Labute approximate surface area is 190 Å². The molecule has 164 valence electrons. The molecule has 31 heavy (non-hydrogen) atoms. The zero-order chi connectivity index (χ0) is 21.2. The molecule has 3 heterocycles. The molecule has 2 aromatic rings. The molecule has 2 aromatic heterocycles. The highest BCUT2D eigenvalue weighted by molar-refractivity contribution is 7.99. The number of nitriles is 1. The van der Waals surface area contributed by atoms with Crippen molar-refractivity contribution in [2.45, 2.75) is 81.5 Å². The third kappa shape index (κ3) is 4.66. The molecule has 1 saturated carbocycles. The summed E-state index contributed by atoms with van der Waals surface area (Å²) in [5, 5.41) is 23.0. The molecular formula is C22H27N5O2S2. The Morgan fingerprint density at radius 3 is 2.87 bits per heavy atom. The van der Waals surface area contributed by atoms with Crippen molar-refractivity contribution in [1.29, 1.82) is 5.26 Å². The topological polar surface area (TPSA) is 92.8 Å². The summed E-state index contributed by atoms with van der Waals surface area (Å²) < 4.78 is 7.99. The van der Waals surface area contributed by atoms with E-state index in [0.29, 0.717) is 16.5 Å². The Kier molecular flexibility index (Phi) is 6.30. The summed E-state index contributed by atoms with van der Waals surface area (Å²) in [6.07, 6.45) is 10.1. The van der Waals surface area contributed by atoms with Gasteiger partial charge in [-0.3, -0.25) is 4.79 Å². The fraction of sp³-hybridized carbons (Fsp3) is 0.636. The maximum Gasteiger partial charge on any atom is 0.235 e. The van der Waals surface area contributed by atoms with E-state index in [1.54, 1.807) is 11.3 Å². The molecule has 7 nitrogen and oxygen atoms in total. The first-order chi connectivity index (χ1) is 15.2. The minimum Gasteiger partial charge on any atom is -0.376 e. The van der Waals surface area contributed by atoms with Crippen LogP contribution in [-0.4, -0.2) is 39.1 Å². The Morgan fingerprint density at radius 2 is 2.10 bits per heavy atom. The van der Waals surface area contributed by atoms with Crippen molar-refractivity contribution in [1.82, 2.24) is 14.8 Å². The summed E-state index contributed by atoms with van der Waals surface area (Å²) in [6, 6.07) is 2.33. The lowest BCUT2D eigenvalue weighted by atomic mass is 10.1. The number of aromatic nitrogens is 3. The van der Waals surface area contributed by atoms with Crippen LogP contribution >= 0.6 is 23.1 Å². The standard InChI is InChI=1S/C22H27N5O2S2/c23-11-17-16-6-2-1-3-7-18(16)31-21(17)24-19(28)13-30-22-26-25-20(14-8-9-14)27(22)12-15-5-4-10-29-15/h14-15H,1-10,12-13H2,(H,24,28). The highest BCUT2D eigenvalue weighted by atomic mass is 32.2. The summed E-state index contributed by atoms with van der Waals surface area (Å²) >= 11 is 3.00. The summed E-state index contributed by atoms with van der Waals surface area (Å²) in [4.78, 5) is 14.0. The highest BCUT2D eigenvalue weighted by Crippen LogP contribution is 2.40. The monoisotopic (exact) mass is 457 g/mol. The number of rotatable bonds is 7. The quantitative estimate of drug-likeness (QED) is 0.493. The second-order valence-electron chi connectivity index (χ2n) is 8.58. The SMILES string of the molecule is N#Cc1c(NC(=O)CSc2nnc(C3CC3)n2CC2CCCO2)sc2c1CCCCC2. The van der Waals surface area contributed by atoms with Crippen molar-refractivity contribution < 1.29 is 9.53 Å².